The lowest BCUT2D eigenvalue weighted by Gasteiger charge is -2.37. The Bertz CT molecular complexity index is 1020. The molecule has 7 heteroatoms. The number of thiocarbonyl (C=S) groups is 1. The van der Waals surface area contributed by atoms with Crippen LogP contribution in [0.5, 0.6) is 11.5 Å². The van der Waals surface area contributed by atoms with Gasteiger partial charge in [0.05, 0.1) is 19.3 Å². The average Bonchev–Trinajstić information content (AvgIpc) is 3.13. The maximum atomic E-state index is 6.19. The summed E-state index contributed by atoms with van der Waals surface area (Å²) in [5.41, 5.74) is 3.31. The van der Waals surface area contributed by atoms with E-state index in [2.05, 4.69) is 10.00 Å². The molecule has 0 aliphatic carbocycles. The van der Waals surface area contributed by atoms with Crippen LogP contribution < -0.4 is 9.47 Å². The number of nitrogens with zero attached hydrogens (tertiary/aromatic N) is 3. The Balaban J connectivity index is 1.60. The van der Waals surface area contributed by atoms with Crippen LogP contribution in [0.4, 0.5) is 0 Å². The highest BCUT2D eigenvalue weighted by molar-refractivity contribution is 7.80. The van der Waals surface area contributed by atoms with Gasteiger partial charge >= 0.3 is 0 Å². The first-order valence-corrected chi connectivity index (χ1v) is 10.2. The summed E-state index contributed by atoms with van der Waals surface area (Å²) in [6.07, 6.45) is 2.80. The molecule has 2 heterocycles. The number of ether oxygens (including phenoxy) is 2. The number of fused-ring (bicyclic) bond motifs is 1. The Hall–Kier alpha value is -2.57. The Morgan fingerprint density at radius 2 is 1.97 bits per heavy atom. The van der Waals surface area contributed by atoms with Crippen molar-refractivity contribution in [1.29, 1.82) is 0 Å². The first-order chi connectivity index (χ1) is 14.1. The lowest BCUT2D eigenvalue weighted by atomic mass is 9.98. The van der Waals surface area contributed by atoms with Crippen LogP contribution in [0.3, 0.4) is 0 Å². The third-order valence-corrected chi connectivity index (χ3v) is 5.92. The second-order valence-electron chi connectivity index (χ2n) is 6.93. The van der Waals surface area contributed by atoms with Gasteiger partial charge in [0, 0.05) is 41.9 Å². The third-order valence-electron chi connectivity index (χ3n) is 5.22. The molecule has 2 aromatic carbocycles. The van der Waals surface area contributed by atoms with Crippen molar-refractivity contribution >= 4 is 28.8 Å². The molecular weight excluding hydrogens is 406 g/mol. The van der Waals surface area contributed by atoms with Crippen molar-refractivity contribution in [3.63, 3.8) is 0 Å². The fraction of sp³-hybridized carbons (Fsp3) is 0.273. The van der Waals surface area contributed by atoms with E-state index in [9.17, 15) is 0 Å². The van der Waals surface area contributed by atoms with Gasteiger partial charge in [0.1, 0.15) is 23.1 Å². The highest BCUT2D eigenvalue weighted by atomic mass is 35.5. The van der Waals surface area contributed by atoms with E-state index in [0.29, 0.717) is 11.6 Å². The van der Waals surface area contributed by atoms with Crippen LogP contribution in [0.1, 0.15) is 22.9 Å². The van der Waals surface area contributed by atoms with Crippen LogP contribution in [0.25, 0.3) is 0 Å². The number of hydrogen-bond acceptors (Lipinski definition) is 4. The van der Waals surface area contributed by atoms with Gasteiger partial charge in [-0.3, -0.25) is 4.68 Å². The summed E-state index contributed by atoms with van der Waals surface area (Å²) in [4.78, 5) is 2.99. The summed E-state index contributed by atoms with van der Waals surface area (Å²) >= 11 is 12.0. The van der Waals surface area contributed by atoms with Crippen LogP contribution in [-0.4, -0.2) is 39.9 Å². The second-order valence-corrected chi connectivity index (χ2v) is 7.75. The zero-order chi connectivity index (χ0) is 20.4. The van der Waals surface area contributed by atoms with Crippen molar-refractivity contribution in [3.8, 4) is 11.5 Å². The zero-order valence-electron chi connectivity index (χ0n) is 16.3. The number of methoxy groups -OCH3 is 1. The van der Waals surface area contributed by atoms with Crippen molar-refractivity contribution < 1.29 is 9.47 Å². The first kappa shape index (κ1) is 19.7. The number of aromatic nitrogens is 2. The second kappa shape index (κ2) is 8.43. The van der Waals surface area contributed by atoms with Crippen LogP contribution in [-0.2, 0) is 13.5 Å². The fourth-order valence-electron chi connectivity index (χ4n) is 3.67. The van der Waals surface area contributed by atoms with Gasteiger partial charge in [0.15, 0.2) is 0 Å². The molecule has 1 aliphatic rings. The average molecular weight is 428 g/mol. The molecule has 0 amide bonds. The van der Waals surface area contributed by atoms with Crippen molar-refractivity contribution in [3.05, 3.63) is 76.6 Å². The molecule has 1 atom stereocenters. The van der Waals surface area contributed by atoms with E-state index in [1.165, 1.54) is 5.69 Å². The first-order valence-electron chi connectivity index (χ1n) is 9.41. The van der Waals surface area contributed by atoms with Gasteiger partial charge in [0.2, 0.25) is 0 Å². The smallest absolute Gasteiger partial charge is 0.119 e. The lowest BCUT2D eigenvalue weighted by Crippen LogP contribution is -2.42. The molecule has 1 aromatic heterocycles. The maximum absolute atomic E-state index is 6.19. The standard InChI is InChI=1S/C22H22ClN3O2S/c1-25-20-10-11-26(22(29)15-4-3-5-16(23)12-15)21(19(20)13-24-25)14-28-18-8-6-17(27-2)7-9-18/h3-9,12-13,21H,10-11,14H2,1-2H3. The molecule has 4 rings (SSSR count). The molecule has 1 unspecified atom stereocenters. The van der Waals surface area contributed by atoms with E-state index in [1.54, 1.807) is 7.11 Å². The summed E-state index contributed by atoms with van der Waals surface area (Å²) in [6, 6.07) is 15.2. The summed E-state index contributed by atoms with van der Waals surface area (Å²) in [5, 5.41) is 5.14. The summed E-state index contributed by atoms with van der Waals surface area (Å²) in [6.45, 7) is 1.26. The number of rotatable bonds is 5. The van der Waals surface area contributed by atoms with Crippen LogP contribution in [0.15, 0.2) is 54.7 Å². The highest BCUT2D eigenvalue weighted by Gasteiger charge is 2.32. The summed E-state index contributed by atoms with van der Waals surface area (Å²) in [7, 11) is 3.63. The van der Waals surface area contributed by atoms with Gasteiger partial charge in [-0.1, -0.05) is 36.0 Å². The predicted molar refractivity (Wildman–Crippen MR) is 118 cm³/mol. The monoisotopic (exact) mass is 427 g/mol. The van der Waals surface area contributed by atoms with E-state index >= 15 is 0 Å². The molecule has 0 N–H and O–H groups in total. The van der Waals surface area contributed by atoms with Gasteiger partial charge < -0.3 is 14.4 Å². The van der Waals surface area contributed by atoms with Gasteiger partial charge in [-0.15, -0.1) is 0 Å². The van der Waals surface area contributed by atoms with Crippen molar-refractivity contribution in [2.45, 2.75) is 12.5 Å². The van der Waals surface area contributed by atoms with E-state index < -0.39 is 0 Å². The third kappa shape index (κ3) is 4.09. The van der Waals surface area contributed by atoms with E-state index in [-0.39, 0.29) is 6.04 Å². The largest absolute Gasteiger partial charge is 0.497 e. The molecule has 1 aliphatic heterocycles. The van der Waals surface area contributed by atoms with Crippen molar-refractivity contribution in [2.75, 3.05) is 20.3 Å². The number of halogens is 1. The van der Waals surface area contributed by atoms with Gasteiger partial charge in [-0.25, -0.2) is 0 Å². The van der Waals surface area contributed by atoms with Gasteiger partial charge in [0.25, 0.3) is 0 Å². The van der Waals surface area contributed by atoms with Crippen molar-refractivity contribution in [2.24, 2.45) is 7.05 Å². The van der Waals surface area contributed by atoms with E-state index in [0.717, 1.165) is 40.6 Å². The maximum Gasteiger partial charge on any atom is 0.119 e. The number of aryl methyl sites for hydroxylation is 1. The minimum absolute atomic E-state index is 0.0268. The molecule has 0 fully saturated rings. The molecular formula is C22H22ClN3O2S. The molecule has 3 aromatic rings. The zero-order valence-corrected chi connectivity index (χ0v) is 17.9. The van der Waals surface area contributed by atoms with Gasteiger partial charge in [-0.05, 0) is 36.4 Å². The molecule has 0 bridgehead atoms. The number of benzene rings is 2. The molecule has 150 valence electrons. The molecule has 0 radical (unpaired) electrons. The van der Waals surface area contributed by atoms with Crippen LogP contribution >= 0.6 is 23.8 Å². The molecule has 0 spiro atoms. The SMILES string of the molecule is COc1ccc(OCC2c3cnn(C)c3CCN2C(=S)c2cccc(Cl)c2)cc1. The summed E-state index contributed by atoms with van der Waals surface area (Å²) < 4.78 is 13.3. The van der Waals surface area contributed by atoms with E-state index in [4.69, 9.17) is 33.3 Å². The Labute approximate surface area is 180 Å². The summed E-state index contributed by atoms with van der Waals surface area (Å²) in [5.74, 6) is 1.59. The van der Waals surface area contributed by atoms with Crippen LogP contribution in [0.2, 0.25) is 5.02 Å². The Morgan fingerprint density at radius 1 is 1.21 bits per heavy atom. The quantitative estimate of drug-likeness (QED) is 0.563. The molecule has 0 saturated carbocycles. The molecule has 0 saturated heterocycles. The Kier molecular flexibility index (Phi) is 5.74. The number of hydrogen-bond donors (Lipinski definition) is 0. The predicted octanol–water partition coefficient (Wildman–Crippen LogP) is 4.44. The minimum Gasteiger partial charge on any atom is -0.497 e. The van der Waals surface area contributed by atoms with Crippen molar-refractivity contribution in [1.82, 2.24) is 14.7 Å². The fourth-order valence-corrected chi connectivity index (χ4v) is 4.21. The topological polar surface area (TPSA) is 39.5 Å². The Morgan fingerprint density at radius 3 is 2.69 bits per heavy atom. The lowest BCUT2D eigenvalue weighted by molar-refractivity contribution is 0.190. The minimum atomic E-state index is -0.0268. The molecule has 29 heavy (non-hydrogen) atoms. The van der Waals surface area contributed by atoms with Crippen LogP contribution in [0, 0.1) is 0 Å². The molecule has 5 nitrogen and oxygen atoms in total. The van der Waals surface area contributed by atoms with E-state index in [1.807, 2.05) is 66.5 Å². The highest BCUT2D eigenvalue weighted by Crippen LogP contribution is 2.32. The normalized spacial score (nSPS) is 15.7. The van der Waals surface area contributed by atoms with Gasteiger partial charge in [-0.2, -0.15) is 5.10 Å².